The highest BCUT2D eigenvalue weighted by atomic mass is 32.2. The molecule has 0 fully saturated rings. The maximum atomic E-state index is 12.9. The average Bonchev–Trinajstić information content (AvgIpc) is 2.09. The molecule has 0 aliphatic heterocycles. The maximum absolute atomic E-state index is 12.9. The highest BCUT2D eigenvalue weighted by Gasteiger charge is 1.98. The largest absolute Gasteiger partial charge is 0.396 e. The summed E-state index contributed by atoms with van der Waals surface area (Å²) < 4.78 is 12.9. The second-order valence-corrected chi connectivity index (χ2v) is 3.47. The van der Waals surface area contributed by atoms with E-state index in [-0.39, 0.29) is 12.4 Å². The van der Waals surface area contributed by atoms with E-state index in [2.05, 4.69) is 0 Å². The SMILES string of the molecule is OCCSCc1ccccc1F. The molecule has 1 N–H and O–H groups in total. The van der Waals surface area contributed by atoms with E-state index in [1.54, 1.807) is 12.1 Å². The molecule has 0 saturated carbocycles. The van der Waals surface area contributed by atoms with Gasteiger partial charge < -0.3 is 5.11 Å². The van der Waals surface area contributed by atoms with Crippen LogP contribution in [0.5, 0.6) is 0 Å². The van der Waals surface area contributed by atoms with Crippen molar-refractivity contribution in [3.63, 3.8) is 0 Å². The van der Waals surface area contributed by atoms with Gasteiger partial charge in [0.15, 0.2) is 0 Å². The Morgan fingerprint density at radius 2 is 2.08 bits per heavy atom. The molecule has 0 radical (unpaired) electrons. The number of thioether (sulfide) groups is 1. The van der Waals surface area contributed by atoms with Crippen molar-refractivity contribution in [3.05, 3.63) is 35.6 Å². The number of halogens is 1. The predicted octanol–water partition coefficient (Wildman–Crippen LogP) is 2.05. The Balaban J connectivity index is 2.46. The molecule has 0 spiro atoms. The molecule has 66 valence electrons. The van der Waals surface area contributed by atoms with Crippen molar-refractivity contribution in [1.29, 1.82) is 0 Å². The van der Waals surface area contributed by atoms with Gasteiger partial charge in [-0.2, -0.15) is 11.8 Å². The minimum Gasteiger partial charge on any atom is -0.396 e. The zero-order valence-electron chi connectivity index (χ0n) is 6.66. The first-order chi connectivity index (χ1) is 5.84. The molecule has 1 aromatic carbocycles. The van der Waals surface area contributed by atoms with Gasteiger partial charge in [-0.05, 0) is 11.6 Å². The summed E-state index contributed by atoms with van der Waals surface area (Å²) >= 11 is 1.53. The third kappa shape index (κ3) is 2.83. The highest BCUT2D eigenvalue weighted by Crippen LogP contribution is 2.14. The lowest BCUT2D eigenvalue weighted by Gasteiger charge is -2.00. The fourth-order valence-corrected chi connectivity index (χ4v) is 1.59. The monoisotopic (exact) mass is 186 g/mol. The van der Waals surface area contributed by atoms with Crippen LogP contribution < -0.4 is 0 Å². The quantitative estimate of drug-likeness (QED) is 0.726. The van der Waals surface area contributed by atoms with Gasteiger partial charge in [0, 0.05) is 11.5 Å². The third-order valence-corrected chi connectivity index (χ3v) is 2.44. The second-order valence-electron chi connectivity index (χ2n) is 2.37. The van der Waals surface area contributed by atoms with Crippen LogP contribution in [0.1, 0.15) is 5.56 Å². The maximum Gasteiger partial charge on any atom is 0.127 e. The molecular weight excluding hydrogens is 175 g/mol. The number of rotatable bonds is 4. The van der Waals surface area contributed by atoms with E-state index in [9.17, 15) is 4.39 Å². The number of hydrogen-bond acceptors (Lipinski definition) is 2. The van der Waals surface area contributed by atoms with Crippen molar-refractivity contribution in [1.82, 2.24) is 0 Å². The van der Waals surface area contributed by atoms with Crippen LogP contribution in [0.25, 0.3) is 0 Å². The summed E-state index contributed by atoms with van der Waals surface area (Å²) in [6, 6.07) is 6.71. The zero-order valence-corrected chi connectivity index (χ0v) is 7.48. The zero-order chi connectivity index (χ0) is 8.81. The van der Waals surface area contributed by atoms with Crippen molar-refractivity contribution in [2.24, 2.45) is 0 Å². The Morgan fingerprint density at radius 1 is 1.33 bits per heavy atom. The molecule has 0 aliphatic carbocycles. The normalized spacial score (nSPS) is 10.2. The second kappa shape index (κ2) is 5.17. The lowest BCUT2D eigenvalue weighted by molar-refractivity contribution is 0.322. The molecule has 0 aliphatic rings. The van der Waals surface area contributed by atoms with Crippen LogP contribution >= 0.6 is 11.8 Å². The number of benzene rings is 1. The Morgan fingerprint density at radius 3 is 2.75 bits per heavy atom. The van der Waals surface area contributed by atoms with Crippen LogP contribution in [-0.4, -0.2) is 17.5 Å². The van der Waals surface area contributed by atoms with E-state index in [1.807, 2.05) is 6.07 Å². The molecule has 1 aromatic rings. The Hall–Kier alpha value is -0.540. The molecule has 1 nitrogen and oxygen atoms in total. The van der Waals surface area contributed by atoms with Crippen molar-refractivity contribution >= 4 is 11.8 Å². The summed E-state index contributed by atoms with van der Waals surface area (Å²) in [5.41, 5.74) is 0.705. The number of aliphatic hydroxyl groups is 1. The minimum absolute atomic E-state index is 0.152. The Labute approximate surface area is 75.6 Å². The summed E-state index contributed by atoms with van der Waals surface area (Å²) in [4.78, 5) is 0. The van der Waals surface area contributed by atoms with Crippen LogP contribution in [-0.2, 0) is 5.75 Å². The van der Waals surface area contributed by atoms with Gasteiger partial charge in [0.1, 0.15) is 5.82 Å². The topological polar surface area (TPSA) is 20.2 Å². The molecule has 0 unspecified atom stereocenters. The van der Waals surface area contributed by atoms with Gasteiger partial charge in [-0.1, -0.05) is 18.2 Å². The summed E-state index contributed by atoms with van der Waals surface area (Å²) in [6.45, 7) is 0.152. The highest BCUT2D eigenvalue weighted by molar-refractivity contribution is 7.98. The average molecular weight is 186 g/mol. The smallest absolute Gasteiger partial charge is 0.127 e. The van der Waals surface area contributed by atoms with E-state index in [1.165, 1.54) is 17.8 Å². The Kier molecular flexibility index (Phi) is 4.11. The van der Waals surface area contributed by atoms with Gasteiger partial charge in [-0.25, -0.2) is 4.39 Å². The first-order valence-corrected chi connectivity index (χ1v) is 4.92. The lowest BCUT2D eigenvalue weighted by atomic mass is 10.2. The van der Waals surface area contributed by atoms with Gasteiger partial charge in [0.25, 0.3) is 0 Å². The summed E-state index contributed by atoms with van der Waals surface area (Å²) in [7, 11) is 0. The van der Waals surface area contributed by atoms with Crippen LogP contribution in [0.15, 0.2) is 24.3 Å². The van der Waals surface area contributed by atoms with Crippen LogP contribution in [0.2, 0.25) is 0 Å². The van der Waals surface area contributed by atoms with E-state index < -0.39 is 0 Å². The molecule has 0 heterocycles. The predicted molar refractivity (Wildman–Crippen MR) is 49.6 cm³/mol. The van der Waals surface area contributed by atoms with Crippen LogP contribution in [0.4, 0.5) is 4.39 Å². The van der Waals surface area contributed by atoms with Gasteiger partial charge in [0.2, 0.25) is 0 Å². The standard InChI is InChI=1S/C9H11FOS/c10-9-4-2-1-3-8(9)7-12-6-5-11/h1-4,11H,5-7H2. The Bertz CT molecular complexity index is 240. The lowest BCUT2D eigenvalue weighted by Crippen LogP contribution is -1.90. The van der Waals surface area contributed by atoms with Crippen LogP contribution in [0.3, 0.4) is 0 Å². The van der Waals surface area contributed by atoms with Crippen molar-refractivity contribution in [2.75, 3.05) is 12.4 Å². The first-order valence-electron chi connectivity index (χ1n) is 3.76. The summed E-state index contributed by atoms with van der Waals surface area (Å²) in [5.74, 6) is 1.13. The van der Waals surface area contributed by atoms with Gasteiger partial charge >= 0.3 is 0 Å². The molecule has 0 atom stereocenters. The number of hydrogen-bond donors (Lipinski definition) is 1. The molecule has 0 aromatic heterocycles. The molecule has 0 saturated heterocycles. The van der Waals surface area contributed by atoms with Gasteiger partial charge in [-0.15, -0.1) is 0 Å². The summed E-state index contributed by atoms with van der Waals surface area (Å²) in [6.07, 6.45) is 0. The summed E-state index contributed by atoms with van der Waals surface area (Å²) in [5, 5.41) is 8.50. The minimum atomic E-state index is -0.164. The molecule has 12 heavy (non-hydrogen) atoms. The number of aliphatic hydroxyl groups excluding tert-OH is 1. The fraction of sp³-hybridized carbons (Fsp3) is 0.333. The van der Waals surface area contributed by atoms with E-state index in [0.717, 1.165) is 0 Å². The van der Waals surface area contributed by atoms with E-state index in [4.69, 9.17) is 5.11 Å². The van der Waals surface area contributed by atoms with Crippen molar-refractivity contribution in [3.8, 4) is 0 Å². The fourth-order valence-electron chi connectivity index (χ4n) is 0.862. The molecule has 0 bridgehead atoms. The third-order valence-electron chi connectivity index (χ3n) is 1.45. The van der Waals surface area contributed by atoms with E-state index >= 15 is 0 Å². The van der Waals surface area contributed by atoms with Crippen LogP contribution in [0, 0.1) is 5.82 Å². The molecule has 1 rings (SSSR count). The van der Waals surface area contributed by atoms with Gasteiger partial charge in [-0.3, -0.25) is 0 Å². The molecular formula is C9H11FOS. The van der Waals surface area contributed by atoms with E-state index in [0.29, 0.717) is 17.1 Å². The first kappa shape index (κ1) is 9.55. The van der Waals surface area contributed by atoms with Gasteiger partial charge in [0.05, 0.1) is 6.61 Å². The van der Waals surface area contributed by atoms with Crippen molar-refractivity contribution < 1.29 is 9.50 Å². The molecule has 3 heteroatoms. The van der Waals surface area contributed by atoms with Crippen molar-refractivity contribution in [2.45, 2.75) is 5.75 Å². The molecule has 0 amide bonds.